The van der Waals surface area contributed by atoms with Gasteiger partial charge in [-0.15, -0.1) is 0 Å². The van der Waals surface area contributed by atoms with Crippen molar-refractivity contribution < 1.29 is 22.3 Å². The SMILES string of the molecule is CC(C)COc1ccc(C=NNC(=O)CN(c2ccc(F)cc2)S(C)(=O)=O)cc1. The summed E-state index contributed by atoms with van der Waals surface area (Å²) in [5.74, 6) is 0.0283. The van der Waals surface area contributed by atoms with E-state index >= 15 is 0 Å². The first-order valence-corrected chi connectivity index (χ1v) is 10.8. The van der Waals surface area contributed by atoms with Crippen LogP contribution in [0, 0.1) is 11.7 Å². The molecule has 0 aromatic heterocycles. The number of nitrogens with one attached hydrogen (secondary N) is 1. The minimum Gasteiger partial charge on any atom is -0.493 e. The van der Waals surface area contributed by atoms with Crippen molar-refractivity contribution in [2.45, 2.75) is 13.8 Å². The average Bonchev–Trinajstić information content (AvgIpc) is 2.65. The first kappa shape index (κ1) is 22.4. The van der Waals surface area contributed by atoms with Crippen LogP contribution in [0.15, 0.2) is 53.6 Å². The summed E-state index contributed by atoms with van der Waals surface area (Å²) in [7, 11) is -3.74. The third-order valence-electron chi connectivity index (χ3n) is 3.67. The Bertz CT molecular complexity index is 943. The van der Waals surface area contributed by atoms with Crippen molar-refractivity contribution in [2.75, 3.05) is 23.7 Å². The van der Waals surface area contributed by atoms with Gasteiger partial charge in [-0.2, -0.15) is 5.10 Å². The lowest BCUT2D eigenvalue weighted by atomic mass is 10.2. The number of anilines is 1. The second kappa shape index (κ2) is 10.0. The second-order valence-corrected chi connectivity index (χ2v) is 8.72. The van der Waals surface area contributed by atoms with E-state index in [0.717, 1.165) is 34.0 Å². The van der Waals surface area contributed by atoms with Crippen LogP contribution in [-0.4, -0.2) is 39.9 Å². The monoisotopic (exact) mass is 421 g/mol. The predicted octanol–water partition coefficient (Wildman–Crippen LogP) is 2.78. The van der Waals surface area contributed by atoms with Crippen LogP contribution in [0.5, 0.6) is 5.75 Å². The van der Waals surface area contributed by atoms with Gasteiger partial charge in [0.25, 0.3) is 5.91 Å². The third-order valence-corrected chi connectivity index (χ3v) is 4.81. The molecule has 9 heteroatoms. The van der Waals surface area contributed by atoms with E-state index in [1.165, 1.54) is 18.3 Å². The Kier molecular flexibility index (Phi) is 7.72. The van der Waals surface area contributed by atoms with Crippen LogP contribution < -0.4 is 14.5 Å². The van der Waals surface area contributed by atoms with Gasteiger partial charge in [0, 0.05) is 0 Å². The van der Waals surface area contributed by atoms with Gasteiger partial charge in [-0.1, -0.05) is 13.8 Å². The molecular weight excluding hydrogens is 397 g/mol. The lowest BCUT2D eigenvalue weighted by Gasteiger charge is -2.21. The first-order chi connectivity index (χ1) is 13.6. The van der Waals surface area contributed by atoms with Gasteiger partial charge in [-0.3, -0.25) is 9.10 Å². The Morgan fingerprint density at radius 3 is 2.34 bits per heavy atom. The minimum absolute atomic E-state index is 0.185. The fraction of sp³-hybridized carbons (Fsp3) is 0.300. The van der Waals surface area contributed by atoms with Crippen molar-refractivity contribution in [1.29, 1.82) is 0 Å². The molecule has 0 spiro atoms. The summed E-state index contributed by atoms with van der Waals surface area (Å²) in [6, 6.07) is 12.0. The van der Waals surface area contributed by atoms with Crippen molar-refractivity contribution in [2.24, 2.45) is 11.0 Å². The Balaban J connectivity index is 1.95. The molecule has 0 saturated heterocycles. The van der Waals surface area contributed by atoms with Crippen LogP contribution in [0.25, 0.3) is 0 Å². The van der Waals surface area contributed by atoms with Gasteiger partial charge in [-0.25, -0.2) is 18.2 Å². The normalized spacial score (nSPS) is 11.6. The van der Waals surface area contributed by atoms with Gasteiger partial charge in [0.1, 0.15) is 18.1 Å². The lowest BCUT2D eigenvalue weighted by Crippen LogP contribution is -2.39. The highest BCUT2D eigenvalue weighted by Crippen LogP contribution is 2.17. The summed E-state index contributed by atoms with van der Waals surface area (Å²) in [6.07, 6.45) is 2.41. The van der Waals surface area contributed by atoms with Crippen LogP contribution in [-0.2, 0) is 14.8 Å². The van der Waals surface area contributed by atoms with E-state index in [4.69, 9.17) is 4.74 Å². The number of ether oxygens (including phenoxy) is 1. The number of sulfonamides is 1. The van der Waals surface area contributed by atoms with Crippen molar-refractivity contribution in [1.82, 2.24) is 5.43 Å². The molecule has 2 rings (SSSR count). The predicted molar refractivity (Wildman–Crippen MR) is 111 cm³/mol. The molecule has 0 atom stereocenters. The summed E-state index contributed by atoms with van der Waals surface area (Å²) in [4.78, 5) is 12.1. The second-order valence-electron chi connectivity index (χ2n) is 6.81. The maximum Gasteiger partial charge on any atom is 0.260 e. The molecule has 0 fully saturated rings. The number of halogens is 1. The highest BCUT2D eigenvalue weighted by Gasteiger charge is 2.20. The maximum atomic E-state index is 13.1. The number of rotatable bonds is 9. The number of benzene rings is 2. The Labute approximate surface area is 170 Å². The van der Waals surface area contributed by atoms with E-state index < -0.39 is 28.3 Å². The molecule has 0 aliphatic heterocycles. The largest absolute Gasteiger partial charge is 0.493 e. The molecule has 0 heterocycles. The van der Waals surface area contributed by atoms with Crippen molar-refractivity contribution in [3.63, 3.8) is 0 Å². The van der Waals surface area contributed by atoms with Gasteiger partial charge in [0.15, 0.2) is 0 Å². The molecule has 0 radical (unpaired) electrons. The lowest BCUT2D eigenvalue weighted by molar-refractivity contribution is -0.119. The topological polar surface area (TPSA) is 88.1 Å². The van der Waals surface area contributed by atoms with Gasteiger partial charge >= 0.3 is 0 Å². The zero-order chi connectivity index (χ0) is 21.4. The van der Waals surface area contributed by atoms with Crippen molar-refractivity contribution in [3.05, 3.63) is 59.9 Å². The quantitative estimate of drug-likeness (QED) is 0.498. The summed E-state index contributed by atoms with van der Waals surface area (Å²) >= 11 is 0. The van der Waals surface area contributed by atoms with E-state index in [1.807, 2.05) is 0 Å². The molecule has 0 bridgehead atoms. The number of amides is 1. The fourth-order valence-corrected chi connectivity index (χ4v) is 3.12. The molecule has 0 unspecified atom stereocenters. The van der Waals surface area contributed by atoms with Crippen molar-refractivity contribution >= 4 is 27.8 Å². The number of carbonyl (C=O) groups is 1. The fourth-order valence-electron chi connectivity index (χ4n) is 2.26. The average molecular weight is 421 g/mol. The number of nitrogens with zero attached hydrogens (tertiary/aromatic N) is 2. The summed E-state index contributed by atoms with van der Waals surface area (Å²) < 4.78 is 43.5. The third kappa shape index (κ3) is 7.53. The smallest absolute Gasteiger partial charge is 0.260 e. The number of hydrogen-bond acceptors (Lipinski definition) is 5. The van der Waals surface area contributed by atoms with Gasteiger partial charge < -0.3 is 4.74 Å². The number of hydrogen-bond donors (Lipinski definition) is 1. The molecular formula is C20H24FN3O4S. The molecule has 29 heavy (non-hydrogen) atoms. The Hall–Kier alpha value is -2.94. The van der Waals surface area contributed by atoms with E-state index in [9.17, 15) is 17.6 Å². The molecule has 0 aliphatic carbocycles. The maximum absolute atomic E-state index is 13.1. The molecule has 1 N–H and O–H groups in total. The zero-order valence-electron chi connectivity index (χ0n) is 16.5. The van der Waals surface area contributed by atoms with Crippen molar-refractivity contribution in [3.8, 4) is 5.75 Å². The molecule has 2 aromatic rings. The number of hydrazone groups is 1. The first-order valence-electron chi connectivity index (χ1n) is 8.93. The van der Waals surface area contributed by atoms with E-state index in [2.05, 4.69) is 24.4 Å². The summed E-state index contributed by atoms with van der Waals surface area (Å²) in [5.41, 5.74) is 3.21. The van der Waals surface area contributed by atoms with Crippen LogP contribution in [0.2, 0.25) is 0 Å². The molecule has 156 valence electrons. The standard InChI is InChI=1S/C20H24FN3O4S/c1-15(2)14-28-19-10-4-16(5-11-19)12-22-23-20(25)13-24(29(3,26)27)18-8-6-17(21)7-9-18/h4-12,15H,13-14H2,1-3H3,(H,23,25). The van der Waals surface area contributed by atoms with Crippen LogP contribution in [0.3, 0.4) is 0 Å². The molecule has 7 nitrogen and oxygen atoms in total. The van der Waals surface area contributed by atoms with E-state index in [-0.39, 0.29) is 5.69 Å². The van der Waals surface area contributed by atoms with Gasteiger partial charge in [0.05, 0.1) is 24.8 Å². The highest BCUT2D eigenvalue weighted by atomic mass is 32.2. The minimum atomic E-state index is -3.74. The Morgan fingerprint density at radius 2 is 1.79 bits per heavy atom. The highest BCUT2D eigenvalue weighted by molar-refractivity contribution is 7.92. The Morgan fingerprint density at radius 1 is 1.17 bits per heavy atom. The van der Waals surface area contributed by atoms with Crippen LogP contribution >= 0.6 is 0 Å². The van der Waals surface area contributed by atoms with Gasteiger partial charge in [0.2, 0.25) is 10.0 Å². The molecule has 0 saturated carbocycles. The number of carbonyl (C=O) groups excluding carboxylic acids is 1. The zero-order valence-corrected chi connectivity index (χ0v) is 17.3. The summed E-state index contributed by atoms with van der Waals surface area (Å²) in [6.45, 7) is 4.26. The van der Waals surface area contributed by atoms with Gasteiger partial charge in [-0.05, 0) is 60.0 Å². The molecule has 0 aliphatic rings. The molecule has 1 amide bonds. The van der Waals surface area contributed by atoms with E-state index in [0.29, 0.717) is 12.5 Å². The molecule has 2 aromatic carbocycles. The summed E-state index contributed by atoms with van der Waals surface area (Å²) in [5, 5.41) is 3.84. The van der Waals surface area contributed by atoms with Crippen LogP contribution in [0.4, 0.5) is 10.1 Å². The van der Waals surface area contributed by atoms with E-state index in [1.54, 1.807) is 24.3 Å². The van der Waals surface area contributed by atoms with Crippen LogP contribution in [0.1, 0.15) is 19.4 Å².